The van der Waals surface area contributed by atoms with Crippen molar-refractivity contribution in [3.05, 3.63) is 34.1 Å². The van der Waals surface area contributed by atoms with Gasteiger partial charge in [0.1, 0.15) is 5.82 Å². The molecule has 0 bridgehead atoms. The molecule has 0 radical (unpaired) electrons. The highest BCUT2D eigenvalue weighted by Crippen LogP contribution is 2.21. The van der Waals surface area contributed by atoms with Crippen LogP contribution in [0.1, 0.15) is 18.9 Å². The van der Waals surface area contributed by atoms with Crippen LogP contribution in [0, 0.1) is 11.7 Å². The van der Waals surface area contributed by atoms with Gasteiger partial charge in [-0.1, -0.05) is 28.9 Å². The minimum Gasteiger partial charge on any atom is -0.320 e. The van der Waals surface area contributed by atoms with Crippen molar-refractivity contribution in [2.75, 3.05) is 13.6 Å². The molecule has 0 spiro atoms. The first kappa shape index (κ1) is 12.7. The Morgan fingerprint density at radius 1 is 1.47 bits per heavy atom. The summed E-state index contributed by atoms with van der Waals surface area (Å²) >= 11 is 3.39. The summed E-state index contributed by atoms with van der Waals surface area (Å²) in [5.74, 6) is 0.424. The average Bonchev–Trinajstić information content (AvgIpc) is 2.19. The first-order valence-corrected chi connectivity index (χ1v) is 6.01. The number of benzene rings is 1. The molecule has 1 aromatic carbocycles. The normalized spacial score (nSPS) is 12.8. The van der Waals surface area contributed by atoms with Crippen molar-refractivity contribution < 1.29 is 4.39 Å². The van der Waals surface area contributed by atoms with E-state index in [1.165, 1.54) is 17.7 Å². The number of hydrogen-bond donors (Lipinski definition) is 1. The number of hydrogen-bond acceptors (Lipinski definition) is 1. The Morgan fingerprint density at radius 3 is 2.80 bits per heavy atom. The number of nitrogens with one attached hydrogen (secondary N) is 1. The zero-order valence-corrected chi connectivity index (χ0v) is 10.8. The summed E-state index contributed by atoms with van der Waals surface area (Å²) in [4.78, 5) is 0. The first-order valence-electron chi connectivity index (χ1n) is 5.22. The van der Waals surface area contributed by atoms with Gasteiger partial charge in [0.2, 0.25) is 0 Å². The topological polar surface area (TPSA) is 12.0 Å². The Bertz CT molecular complexity index is 314. The van der Waals surface area contributed by atoms with Crippen LogP contribution in [0.2, 0.25) is 0 Å². The van der Waals surface area contributed by atoms with Crippen molar-refractivity contribution in [2.45, 2.75) is 19.8 Å². The SMILES string of the molecule is CNCCC(C)Cc1ccc(F)cc1Br. The third kappa shape index (κ3) is 4.31. The summed E-state index contributed by atoms with van der Waals surface area (Å²) in [6, 6.07) is 4.90. The van der Waals surface area contributed by atoms with Crippen molar-refractivity contribution >= 4 is 15.9 Å². The summed E-state index contributed by atoms with van der Waals surface area (Å²) in [6.45, 7) is 3.24. The van der Waals surface area contributed by atoms with E-state index in [0.29, 0.717) is 5.92 Å². The maximum absolute atomic E-state index is 12.8. The lowest BCUT2D eigenvalue weighted by molar-refractivity contribution is 0.513. The lowest BCUT2D eigenvalue weighted by atomic mass is 9.98. The molecule has 1 atom stereocenters. The van der Waals surface area contributed by atoms with E-state index in [1.807, 2.05) is 13.1 Å². The molecule has 0 aliphatic carbocycles. The van der Waals surface area contributed by atoms with Crippen molar-refractivity contribution in [3.8, 4) is 0 Å². The second-order valence-electron chi connectivity index (χ2n) is 3.94. The molecule has 0 aliphatic rings. The van der Waals surface area contributed by atoms with Crippen LogP contribution in [0.15, 0.2) is 22.7 Å². The van der Waals surface area contributed by atoms with Gasteiger partial charge in [-0.25, -0.2) is 4.39 Å². The van der Waals surface area contributed by atoms with Crippen LogP contribution in [0.5, 0.6) is 0 Å². The van der Waals surface area contributed by atoms with Gasteiger partial charge in [0, 0.05) is 4.47 Å². The van der Waals surface area contributed by atoms with Crippen molar-refractivity contribution in [1.29, 1.82) is 0 Å². The summed E-state index contributed by atoms with van der Waals surface area (Å²) < 4.78 is 13.7. The summed E-state index contributed by atoms with van der Waals surface area (Å²) in [5.41, 5.74) is 1.18. The molecule has 15 heavy (non-hydrogen) atoms. The zero-order valence-electron chi connectivity index (χ0n) is 9.19. The number of halogens is 2. The van der Waals surface area contributed by atoms with Gasteiger partial charge in [-0.2, -0.15) is 0 Å². The molecule has 0 amide bonds. The Labute approximate surface area is 99.2 Å². The van der Waals surface area contributed by atoms with Crippen LogP contribution in [0.25, 0.3) is 0 Å². The van der Waals surface area contributed by atoms with E-state index in [-0.39, 0.29) is 5.82 Å². The van der Waals surface area contributed by atoms with Gasteiger partial charge in [0.25, 0.3) is 0 Å². The fourth-order valence-electron chi connectivity index (χ4n) is 1.56. The van der Waals surface area contributed by atoms with Gasteiger partial charge >= 0.3 is 0 Å². The van der Waals surface area contributed by atoms with Gasteiger partial charge in [0.05, 0.1) is 0 Å². The van der Waals surface area contributed by atoms with E-state index in [0.717, 1.165) is 23.9 Å². The molecule has 84 valence electrons. The third-order valence-corrected chi connectivity index (χ3v) is 3.21. The molecule has 1 nitrogen and oxygen atoms in total. The van der Waals surface area contributed by atoms with Gasteiger partial charge in [-0.15, -0.1) is 0 Å². The van der Waals surface area contributed by atoms with Crippen LogP contribution < -0.4 is 5.32 Å². The predicted octanol–water partition coefficient (Wildman–Crippen LogP) is 3.38. The average molecular weight is 274 g/mol. The monoisotopic (exact) mass is 273 g/mol. The summed E-state index contributed by atoms with van der Waals surface area (Å²) in [6.07, 6.45) is 2.13. The van der Waals surface area contributed by atoms with Crippen molar-refractivity contribution in [3.63, 3.8) is 0 Å². The zero-order chi connectivity index (χ0) is 11.3. The number of rotatable bonds is 5. The van der Waals surface area contributed by atoms with E-state index in [9.17, 15) is 4.39 Å². The predicted molar refractivity (Wildman–Crippen MR) is 65.5 cm³/mol. The van der Waals surface area contributed by atoms with Gasteiger partial charge < -0.3 is 5.32 Å². The van der Waals surface area contributed by atoms with E-state index in [1.54, 1.807) is 0 Å². The Morgan fingerprint density at radius 2 is 2.20 bits per heavy atom. The molecule has 0 heterocycles. The lowest BCUT2D eigenvalue weighted by Gasteiger charge is -2.12. The molecule has 0 saturated heterocycles. The summed E-state index contributed by atoms with van der Waals surface area (Å²) in [5, 5.41) is 3.14. The molecule has 0 saturated carbocycles. The Kier molecular flexibility index (Phi) is 5.26. The molecule has 1 N–H and O–H groups in total. The highest BCUT2D eigenvalue weighted by atomic mass is 79.9. The fraction of sp³-hybridized carbons (Fsp3) is 0.500. The maximum Gasteiger partial charge on any atom is 0.124 e. The fourth-order valence-corrected chi connectivity index (χ4v) is 2.07. The molecule has 0 fully saturated rings. The standard InChI is InChI=1S/C12H17BrFN/c1-9(5-6-15-2)7-10-3-4-11(14)8-12(10)13/h3-4,8-9,15H,5-7H2,1-2H3. The highest BCUT2D eigenvalue weighted by molar-refractivity contribution is 9.10. The maximum atomic E-state index is 12.8. The van der Waals surface area contributed by atoms with Crippen LogP contribution in [-0.2, 0) is 6.42 Å². The van der Waals surface area contributed by atoms with Crippen LogP contribution >= 0.6 is 15.9 Å². The lowest BCUT2D eigenvalue weighted by Crippen LogP contribution is -2.13. The first-order chi connectivity index (χ1) is 7.13. The van der Waals surface area contributed by atoms with Crippen molar-refractivity contribution in [2.24, 2.45) is 5.92 Å². The third-order valence-electron chi connectivity index (χ3n) is 2.47. The molecular formula is C12H17BrFN. The summed E-state index contributed by atoms with van der Waals surface area (Å²) in [7, 11) is 1.96. The van der Waals surface area contributed by atoms with Crippen LogP contribution in [-0.4, -0.2) is 13.6 Å². The Balaban J connectivity index is 2.56. The molecule has 1 rings (SSSR count). The van der Waals surface area contributed by atoms with E-state index < -0.39 is 0 Å². The molecule has 3 heteroatoms. The van der Waals surface area contributed by atoms with E-state index >= 15 is 0 Å². The Hall–Kier alpha value is -0.410. The molecule has 1 aromatic rings. The smallest absolute Gasteiger partial charge is 0.124 e. The van der Waals surface area contributed by atoms with E-state index in [4.69, 9.17) is 0 Å². The molecule has 0 aromatic heterocycles. The molecular weight excluding hydrogens is 257 g/mol. The second-order valence-corrected chi connectivity index (χ2v) is 4.79. The van der Waals surface area contributed by atoms with E-state index in [2.05, 4.69) is 28.2 Å². The highest BCUT2D eigenvalue weighted by Gasteiger charge is 2.07. The minimum atomic E-state index is -0.187. The van der Waals surface area contributed by atoms with Gasteiger partial charge in [0.15, 0.2) is 0 Å². The van der Waals surface area contributed by atoms with Crippen LogP contribution in [0.4, 0.5) is 4.39 Å². The largest absolute Gasteiger partial charge is 0.320 e. The van der Waals surface area contributed by atoms with Crippen molar-refractivity contribution in [1.82, 2.24) is 5.32 Å². The van der Waals surface area contributed by atoms with Gasteiger partial charge in [-0.3, -0.25) is 0 Å². The van der Waals surface area contributed by atoms with Crippen LogP contribution in [0.3, 0.4) is 0 Å². The van der Waals surface area contributed by atoms with Gasteiger partial charge in [-0.05, 0) is 50.0 Å². The second kappa shape index (κ2) is 6.23. The molecule has 0 aliphatic heterocycles. The minimum absolute atomic E-state index is 0.187. The molecule has 1 unspecified atom stereocenters. The quantitative estimate of drug-likeness (QED) is 0.868.